The standard InChI is InChI=1S/C18H29N3O3/c1-4-20-9-11-21(12-10-20)14-18(22)19-8-7-15-5-6-16(23-2)17(13-15)24-3/h5-6,13H,4,7-12,14H2,1-3H3,(H,19,22)/p+2. The van der Waals surface area contributed by atoms with E-state index in [1.54, 1.807) is 19.1 Å². The van der Waals surface area contributed by atoms with Gasteiger partial charge in [0.15, 0.2) is 18.0 Å². The van der Waals surface area contributed by atoms with E-state index in [0.29, 0.717) is 13.1 Å². The number of likely N-dealkylation sites (N-methyl/N-ethyl adjacent to an activating group) is 1. The molecule has 0 aromatic heterocycles. The number of benzene rings is 1. The van der Waals surface area contributed by atoms with Crippen LogP contribution in [0.25, 0.3) is 0 Å². The van der Waals surface area contributed by atoms with Gasteiger partial charge in [-0.05, 0) is 31.0 Å². The highest BCUT2D eigenvalue weighted by molar-refractivity contribution is 5.76. The van der Waals surface area contributed by atoms with E-state index < -0.39 is 0 Å². The van der Waals surface area contributed by atoms with Gasteiger partial charge in [0.1, 0.15) is 26.2 Å². The number of methoxy groups -OCH3 is 2. The van der Waals surface area contributed by atoms with Crippen LogP contribution in [0.5, 0.6) is 11.5 Å². The van der Waals surface area contributed by atoms with Crippen molar-refractivity contribution in [3.05, 3.63) is 23.8 Å². The highest BCUT2D eigenvalue weighted by atomic mass is 16.5. The monoisotopic (exact) mass is 337 g/mol. The van der Waals surface area contributed by atoms with E-state index >= 15 is 0 Å². The second-order valence-corrected chi connectivity index (χ2v) is 6.32. The third kappa shape index (κ3) is 5.39. The van der Waals surface area contributed by atoms with Crippen molar-refractivity contribution >= 4 is 5.91 Å². The number of nitrogens with one attached hydrogen (secondary N) is 3. The molecule has 1 fully saturated rings. The van der Waals surface area contributed by atoms with Crippen LogP contribution in [0.2, 0.25) is 0 Å². The summed E-state index contributed by atoms with van der Waals surface area (Å²) in [7, 11) is 3.26. The zero-order valence-electron chi connectivity index (χ0n) is 15.1. The Morgan fingerprint density at radius 1 is 1.08 bits per heavy atom. The topological polar surface area (TPSA) is 56.4 Å². The van der Waals surface area contributed by atoms with Gasteiger partial charge in [-0.2, -0.15) is 0 Å². The van der Waals surface area contributed by atoms with Crippen LogP contribution in [0.1, 0.15) is 12.5 Å². The highest BCUT2D eigenvalue weighted by Gasteiger charge is 2.23. The average molecular weight is 337 g/mol. The van der Waals surface area contributed by atoms with Crippen molar-refractivity contribution in [2.45, 2.75) is 13.3 Å². The second-order valence-electron chi connectivity index (χ2n) is 6.32. The third-order valence-corrected chi connectivity index (χ3v) is 4.76. The summed E-state index contributed by atoms with van der Waals surface area (Å²) in [6.07, 6.45) is 0.787. The van der Waals surface area contributed by atoms with Crippen molar-refractivity contribution in [1.82, 2.24) is 5.32 Å². The molecule has 1 heterocycles. The van der Waals surface area contributed by atoms with E-state index in [2.05, 4.69) is 12.2 Å². The van der Waals surface area contributed by atoms with Gasteiger partial charge in [-0.3, -0.25) is 4.79 Å². The minimum Gasteiger partial charge on any atom is -0.493 e. The van der Waals surface area contributed by atoms with Crippen LogP contribution in [-0.2, 0) is 11.2 Å². The van der Waals surface area contributed by atoms with Crippen molar-refractivity contribution < 1.29 is 24.1 Å². The fourth-order valence-corrected chi connectivity index (χ4v) is 3.16. The number of rotatable bonds is 8. The molecule has 1 aliphatic heterocycles. The molecule has 0 unspecified atom stereocenters. The predicted molar refractivity (Wildman–Crippen MR) is 93.1 cm³/mol. The number of quaternary nitrogens is 2. The van der Waals surface area contributed by atoms with Crippen molar-refractivity contribution in [2.24, 2.45) is 0 Å². The molecule has 0 atom stereocenters. The number of carbonyl (C=O) groups is 1. The lowest BCUT2D eigenvalue weighted by molar-refractivity contribution is -1.01. The summed E-state index contributed by atoms with van der Waals surface area (Å²) >= 11 is 0. The van der Waals surface area contributed by atoms with Gasteiger partial charge < -0.3 is 24.6 Å². The van der Waals surface area contributed by atoms with E-state index in [0.717, 1.165) is 36.6 Å². The zero-order chi connectivity index (χ0) is 17.4. The molecule has 1 aromatic carbocycles. The van der Waals surface area contributed by atoms with E-state index in [4.69, 9.17) is 9.47 Å². The maximum atomic E-state index is 12.1. The molecule has 1 aliphatic rings. The summed E-state index contributed by atoms with van der Waals surface area (Å²) in [5, 5.41) is 3.03. The molecule has 0 spiro atoms. The molecule has 6 heteroatoms. The van der Waals surface area contributed by atoms with E-state index in [9.17, 15) is 4.79 Å². The Hall–Kier alpha value is -1.79. The van der Waals surface area contributed by atoms with Crippen LogP contribution in [0.4, 0.5) is 0 Å². The Morgan fingerprint density at radius 2 is 1.75 bits per heavy atom. The van der Waals surface area contributed by atoms with E-state index in [1.807, 2.05) is 18.2 Å². The minimum atomic E-state index is 0.144. The summed E-state index contributed by atoms with van der Waals surface area (Å²) in [4.78, 5) is 15.1. The molecular weight excluding hydrogens is 306 g/mol. The smallest absolute Gasteiger partial charge is 0.275 e. The lowest BCUT2D eigenvalue weighted by Crippen LogP contribution is -3.28. The summed E-state index contributed by atoms with van der Waals surface area (Å²) in [5.74, 6) is 1.59. The van der Waals surface area contributed by atoms with Crippen molar-refractivity contribution in [3.63, 3.8) is 0 Å². The Kier molecular flexibility index (Phi) is 7.34. The molecule has 0 saturated carbocycles. The minimum absolute atomic E-state index is 0.144. The predicted octanol–water partition coefficient (Wildman–Crippen LogP) is -1.83. The van der Waals surface area contributed by atoms with Gasteiger partial charge in [0.2, 0.25) is 0 Å². The first-order valence-electron chi connectivity index (χ1n) is 8.81. The lowest BCUT2D eigenvalue weighted by Gasteiger charge is -2.28. The average Bonchev–Trinajstić information content (AvgIpc) is 2.62. The van der Waals surface area contributed by atoms with Crippen LogP contribution in [0.3, 0.4) is 0 Å². The van der Waals surface area contributed by atoms with Crippen LogP contribution in [0.15, 0.2) is 18.2 Å². The van der Waals surface area contributed by atoms with Crippen LogP contribution in [0, 0.1) is 0 Å². The molecule has 6 nitrogen and oxygen atoms in total. The Balaban J connectivity index is 1.71. The molecular formula is C18H31N3O3+2. The van der Waals surface area contributed by atoms with Gasteiger partial charge in [-0.1, -0.05) is 6.07 Å². The maximum Gasteiger partial charge on any atom is 0.275 e. The molecule has 134 valence electrons. The maximum absolute atomic E-state index is 12.1. The molecule has 0 radical (unpaired) electrons. The fraction of sp³-hybridized carbons (Fsp3) is 0.611. The summed E-state index contributed by atoms with van der Waals surface area (Å²) in [5.41, 5.74) is 1.13. The zero-order valence-corrected chi connectivity index (χ0v) is 15.1. The first-order valence-corrected chi connectivity index (χ1v) is 8.81. The molecule has 1 aromatic rings. The normalized spacial score (nSPS) is 20.5. The molecule has 3 N–H and O–H groups in total. The summed E-state index contributed by atoms with van der Waals surface area (Å²) < 4.78 is 10.5. The third-order valence-electron chi connectivity index (χ3n) is 4.76. The highest BCUT2D eigenvalue weighted by Crippen LogP contribution is 2.27. The Bertz CT molecular complexity index is 528. The molecule has 24 heavy (non-hydrogen) atoms. The van der Waals surface area contributed by atoms with Gasteiger partial charge in [0, 0.05) is 6.54 Å². The second kappa shape index (κ2) is 9.49. The number of amides is 1. The van der Waals surface area contributed by atoms with Crippen LogP contribution < -0.4 is 24.6 Å². The van der Waals surface area contributed by atoms with Gasteiger partial charge in [-0.15, -0.1) is 0 Å². The van der Waals surface area contributed by atoms with Crippen molar-refractivity contribution in [2.75, 3.05) is 60.0 Å². The largest absolute Gasteiger partial charge is 0.493 e. The summed E-state index contributed by atoms with van der Waals surface area (Å²) in [6.45, 7) is 9.16. The van der Waals surface area contributed by atoms with Crippen LogP contribution in [-0.4, -0.2) is 65.9 Å². The lowest BCUT2D eigenvalue weighted by atomic mass is 10.1. The first kappa shape index (κ1) is 18.5. The quantitative estimate of drug-likeness (QED) is 0.523. The number of piperazine rings is 1. The number of carbonyl (C=O) groups excluding carboxylic acids is 1. The van der Waals surface area contributed by atoms with Gasteiger partial charge in [0.25, 0.3) is 5.91 Å². The Morgan fingerprint density at radius 3 is 2.38 bits per heavy atom. The number of ether oxygens (including phenoxy) is 2. The molecule has 1 amide bonds. The summed E-state index contributed by atoms with van der Waals surface area (Å²) in [6, 6.07) is 5.87. The van der Waals surface area contributed by atoms with E-state index in [-0.39, 0.29) is 5.91 Å². The molecule has 0 aliphatic carbocycles. The first-order chi connectivity index (χ1) is 11.7. The molecule has 1 saturated heterocycles. The Labute approximate surface area is 144 Å². The molecule has 2 rings (SSSR count). The fourth-order valence-electron chi connectivity index (χ4n) is 3.16. The SMILES string of the molecule is CC[NH+]1CC[NH+](CC(=O)NCCc2ccc(OC)c(OC)c2)CC1. The van der Waals surface area contributed by atoms with Gasteiger partial charge in [0.05, 0.1) is 20.8 Å². The number of hydrogen-bond acceptors (Lipinski definition) is 3. The van der Waals surface area contributed by atoms with E-state index in [1.165, 1.54) is 24.5 Å². The van der Waals surface area contributed by atoms with Gasteiger partial charge >= 0.3 is 0 Å². The van der Waals surface area contributed by atoms with Crippen LogP contribution >= 0.6 is 0 Å². The van der Waals surface area contributed by atoms with Crippen molar-refractivity contribution in [1.29, 1.82) is 0 Å². The number of hydrogen-bond donors (Lipinski definition) is 3. The molecule has 0 bridgehead atoms. The van der Waals surface area contributed by atoms with Crippen molar-refractivity contribution in [3.8, 4) is 11.5 Å². The van der Waals surface area contributed by atoms with Gasteiger partial charge in [-0.25, -0.2) is 0 Å².